The Kier molecular flexibility index (Phi) is 8.03. The molecule has 0 unspecified atom stereocenters. The molecule has 3 N–H and O–H groups in total. The minimum Gasteiger partial charge on any atom is -0.503 e. The smallest absolute Gasteiger partial charge is 0.240 e. The van der Waals surface area contributed by atoms with Gasteiger partial charge in [0.05, 0.1) is 17.8 Å². The summed E-state index contributed by atoms with van der Waals surface area (Å²) in [6, 6.07) is 8.83. The molecule has 0 aliphatic heterocycles. The Morgan fingerprint density at radius 3 is 2.62 bits per heavy atom. The summed E-state index contributed by atoms with van der Waals surface area (Å²) in [7, 11) is 0. The van der Waals surface area contributed by atoms with Gasteiger partial charge in [0.15, 0.2) is 11.5 Å². The average Bonchev–Trinajstić information content (AvgIpc) is 2.67. The number of anilines is 1. The van der Waals surface area contributed by atoms with Crippen LogP contribution in [0.15, 0.2) is 35.4 Å². The normalized spacial score (nSPS) is 10.8. The number of benzene rings is 2. The number of halogens is 1. The van der Waals surface area contributed by atoms with Crippen LogP contribution in [0.25, 0.3) is 0 Å². The summed E-state index contributed by atoms with van der Waals surface area (Å²) in [4.78, 5) is 24.0. The highest BCUT2D eigenvalue weighted by atomic mass is 35.5. The van der Waals surface area contributed by atoms with Crippen molar-refractivity contribution in [2.45, 2.75) is 33.6 Å². The number of hydrogen-bond acceptors (Lipinski definition) is 5. The summed E-state index contributed by atoms with van der Waals surface area (Å²) in [6.45, 7) is 6.00. The van der Waals surface area contributed by atoms with Gasteiger partial charge in [-0.2, -0.15) is 5.10 Å². The summed E-state index contributed by atoms with van der Waals surface area (Å²) >= 11 is 5.94. The average molecular weight is 418 g/mol. The predicted octanol–water partition coefficient (Wildman–Crippen LogP) is 3.93. The van der Waals surface area contributed by atoms with E-state index in [2.05, 4.69) is 15.8 Å². The number of amides is 2. The van der Waals surface area contributed by atoms with E-state index in [1.807, 2.05) is 32.0 Å². The van der Waals surface area contributed by atoms with Crippen LogP contribution in [0.4, 0.5) is 5.69 Å². The lowest BCUT2D eigenvalue weighted by Crippen LogP contribution is -2.21. The summed E-state index contributed by atoms with van der Waals surface area (Å²) in [5.74, 6) is -0.558. The van der Waals surface area contributed by atoms with Crippen molar-refractivity contribution >= 4 is 35.3 Å². The van der Waals surface area contributed by atoms with E-state index in [9.17, 15) is 14.7 Å². The Morgan fingerprint density at radius 1 is 1.17 bits per heavy atom. The Morgan fingerprint density at radius 2 is 1.90 bits per heavy atom. The monoisotopic (exact) mass is 417 g/mol. The van der Waals surface area contributed by atoms with E-state index >= 15 is 0 Å². The van der Waals surface area contributed by atoms with Gasteiger partial charge in [0, 0.05) is 18.5 Å². The second kappa shape index (κ2) is 10.5. The molecular weight excluding hydrogens is 394 g/mol. The minimum absolute atomic E-state index is 0.00539. The highest BCUT2D eigenvalue weighted by Gasteiger charge is 2.10. The van der Waals surface area contributed by atoms with Gasteiger partial charge >= 0.3 is 0 Å². The Bertz CT molecular complexity index is 928. The standard InChI is InChI=1S/C21H24ClN3O4/c1-4-29-18-11-15(10-16(22)21(18)28)12-23-25-20(27)8-7-19(26)24-17-9-13(2)5-6-14(17)3/h5-6,9-12,28H,4,7-8H2,1-3H3,(H,24,26)(H,25,27). The van der Waals surface area contributed by atoms with Crippen LogP contribution in [0.1, 0.15) is 36.5 Å². The molecule has 154 valence electrons. The lowest BCUT2D eigenvalue weighted by atomic mass is 10.1. The van der Waals surface area contributed by atoms with Crippen molar-refractivity contribution in [2.24, 2.45) is 5.10 Å². The maximum absolute atomic E-state index is 12.1. The molecule has 0 atom stereocenters. The summed E-state index contributed by atoms with van der Waals surface area (Å²) in [5.41, 5.74) is 5.64. The lowest BCUT2D eigenvalue weighted by Gasteiger charge is -2.09. The van der Waals surface area contributed by atoms with E-state index in [0.717, 1.165) is 16.8 Å². The van der Waals surface area contributed by atoms with Crippen molar-refractivity contribution in [1.29, 1.82) is 0 Å². The molecule has 0 bridgehead atoms. The first kappa shape index (κ1) is 22.2. The maximum Gasteiger partial charge on any atom is 0.240 e. The zero-order chi connectivity index (χ0) is 21.4. The number of aryl methyl sites for hydroxylation is 2. The zero-order valence-corrected chi connectivity index (χ0v) is 17.3. The summed E-state index contributed by atoms with van der Waals surface area (Å²) < 4.78 is 5.29. The van der Waals surface area contributed by atoms with Gasteiger partial charge in [-0.05, 0) is 55.7 Å². The summed E-state index contributed by atoms with van der Waals surface area (Å²) in [5, 5.41) is 16.6. The molecular formula is C21H24ClN3O4. The second-order valence-corrected chi connectivity index (χ2v) is 6.85. The van der Waals surface area contributed by atoms with Crippen molar-refractivity contribution in [3.63, 3.8) is 0 Å². The van der Waals surface area contributed by atoms with Crippen molar-refractivity contribution in [3.8, 4) is 11.5 Å². The molecule has 0 aliphatic carbocycles. The van der Waals surface area contributed by atoms with Crippen LogP contribution in [0.3, 0.4) is 0 Å². The number of carbonyl (C=O) groups is 2. The maximum atomic E-state index is 12.1. The van der Waals surface area contributed by atoms with E-state index in [1.54, 1.807) is 13.0 Å². The highest BCUT2D eigenvalue weighted by Crippen LogP contribution is 2.34. The van der Waals surface area contributed by atoms with E-state index in [-0.39, 0.29) is 35.3 Å². The number of nitrogens with one attached hydrogen (secondary N) is 2. The number of hydrogen-bond donors (Lipinski definition) is 3. The molecule has 0 spiro atoms. The molecule has 8 heteroatoms. The molecule has 29 heavy (non-hydrogen) atoms. The van der Waals surface area contributed by atoms with Gasteiger partial charge in [0.2, 0.25) is 11.8 Å². The molecule has 0 fully saturated rings. The first-order valence-electron chi connectivity index (χ1n) is 9.14. The van der Waals surface area contributed by atoms with Gasteiger partial charge in [-0.1, -0.05) is 23.7 Å². The quantitative estimate of drug-likeness (QED) is 0.447. The van der Waals surface area contributed by atoms with E-state index < -0.39 is 5.91 Å². The number of hydrazone groups is 1. The van der Waals surface area contributed by atoms with Crippen LogP contribution in [0.5, 0.6) is 11.5 Å². The van der Waals surface area contributed by atoms with Gasteiger partial charge < -0.3 is 15.2 Å². The first-order chi connectivity index (χ1) is 13.8. The fourth-order valence-corrected chi connectivity index (χ4v) is 2.70. The van der Waals surface area contributed by atoms with Crippen molar-refractivity contribution in [1.82, 2.24) is 5.43 Å². The molecule has 0 saturated heterocycles. The molecule has 0 aliphatic rings. The third-order valence-corrected chi connectivity index (χ3v) is 4.29. The first-order valence-corrected chi connectivity index (χ1v) is 9.52. The van der Waals surface area contributed by atoms with Crippen LogP contribution in [-0.4, -0.2) is 29.7 Å². The summed E-state index contributed by atoms with van der Waals surface area (Å²) in [6.07, 6.45) is 1.41. The number of nitrogens with zero attached hydrogens (tertiary/aromatic N) is 1. The minimum atomic E-state index is -0.396. The molecule has 0 heterocycles. The number of aromatic hydroxyl groups is 1. The molecule has 2 rings (SSSR count). The zero-order valence-electron chi connectivity index (χ0n) is 16.6. The van der Waals surface area contributed by atoms with E-state index in [0.29, 0.717) is 12.2 Å². The van der Waals surface area contributed by atoms with Gasteiger partial charge in [-0.15, -0.1) is 0 Å². The van der Waals surface area contributed by atoms with Gasteiger partial charge in [0.1, 0.15) is 0 Å². The molecule has 2 amide bonds. The number of phenols is 1. The largest absolute Gasteiger partial charge is 0.503 e. The number of rotatable bonds is 8. The molecule has 0 aromatic heterocycles. The molecule has 2 aromatic carbocycles. The van der Waals surface area contributed by atoms with Gasteiger partial charge in [-0.3, -0.25) is 9.59 Å². The van der Waals surface area contributed by atoms with Gasteiger partial charge in [0.25, 0.3) is 0 Å². The molecule has 2 aromatic rings. The van der Waals surface area contributed by atoms with Crippen molar-refractivity contribution < 1.29 is 19.4 Å². The van der Waals surface area contributed by atoms with Gasteiger partial charge in [-0.25, -0.2) is 5.43 Å². The SMILES string of the molecule is CCOc1cc(C=NNC(=O)CCC(=O)Nc2cc(C)ccc2C)cc(Cl)c1O. The van der Waals surface area contributed by atoms with Crippen LogP contribution in [0, 0.1) is 13.8 Å². The highest BCUT2D eigenvalue weighted by molar-refractivity contribution is 6.32. The second-order valence-electron chi connectivity index (χ2n) is 6.44. The molecule has 0 radical (unpaired) electrons. The lowest BCUT2D eigenvalue weighted by molar-refractivity contribution is -0.124. The number of ether oxygens (including phenoxy) is 1. The molecule has 0 saturated carbocycles. The van der Waals surface area contributed by atoms with E-state index in [4.69, 9.17) is 16.3 Å². The van der Waals surface area contributed by atoms with Crippen molar-refractivity contribution in [2.75, 3.05) is 11.9 Å². The van der Waals surface area contributed by atoms with Crippen LogP contribution in [-0.2, 0) is 9.59 Å². The predicted molar refractivity (Wildman–Crippen MR) is 114 cm³/mol. The van der Waals surface area contributed by atoms with Crippen LogP contribution >= 0.6 is 11.6 Å². The number of phenolic OH excluding ortho intramolecular Hbond substituents is 1. The number of carbonyl (C=O) groups excluding carboxylic acids is 2. The fraction of sp³-hybridized carbons (Fsp3) is 0.286. The Hall–Kier alpha value is -3.06. The third-order valence-electron chi connectivity index (χ3n) is 4.00. The van der Waals surface area contributed by atoms with Crippen LogP contribution < -0.4 is 15.5 Å². The Balaban J connectivity index is 1.85. The molecule has 7 nitrogen and oxygen atoms in total. The Labute approximate surface area is 174 Å². The topological polar surface area (TPSA) is 100 Å². The third kappa shape index (κ3) is 6.80. The van der Waals surface area contributed by atoms with Crippen LogP contribution in [0.2, 0.25) is 5.02 Å². The van der Waals surface area contributed by atoms with E-state index in [1.165, 1.54) is 12.3 Å². The van der Waals surface area contributed by atoms with Crippen molar-refractivity contribution in [3.05, 3.63) is 52.0 Å². The fourth-order valence-electron chi connectivity index (χ4n) is 2.48.